The van der Waals surface area contributed by atoms with Crippen molar-refractivity contribution < 1.29 is 4.39 Å². The van der Waals surface area contributed by atoms with Crippen LogP contribution in [-0.4, -0.2) is 6.04 Å². The number of aryl methyl sites for hydroxylation is 1. The van der Waals surface area contributed by atoms with Crippen molar-refractivity contribution in [1.82, 2.24) is 5.32 Å². The lowest BCUT2D eigenvalue weighted by molar-refractivity contribution is 0.627. The average molecular weight is 261 g/mol. The zero-order valence-electron chi connectivity index (χ0n) is 10.4. The van der Waals surface area contributed by atoms with E-state index in [9.17, 15) is 4.39 Å². The van der Waals surface area contributed by atoms with Gasteiger partial charge in [0.2, 0.25) is 0 Å². The molecule has 1 fully saturated rings. The Morgan fingerprint density at radius 1 is 1.28 bits per heavy atom. The molecule has 1 aromatic carbocycles. The van der Waals surface area contributed by atoms with Gasteiger partial charge in [-0.2, -0.15) is 0 Å². The third-order valence-electron chi connectivity index (χ3n) is 3.26. The fourth-order valence-corrected chi connectivity index (χ4v) is 3.10. The summed E-state index contributed by atoms with van der Waals surface area (Å²) in [6.07, 6.45) is 2.63. The highest BCUT2D eigenvalue weighted by molar-refractivity contribution is 7.15. The number of hydrogen-bond donors (Lipinski definition) is 1. The minimum absolute atomic E-state index is 0.163. The zero-order chi connectivity index (χ0) is 12.5. The summed E-state index contributed by atoms with van der Waals surface area (Å²) in [6, 6.07) is 10.0. The quantitative estimate of drug-likeness (QED) is 0.873. The standard InChI is InChI=1S/C15H16FNS/c1-10-8-11(16)2-6-14(10)15-7-5-13(18-15)9-17-12-3-4-12/h2,5-8,12,17H,3-4,9H2,1H3. The minimum atomic E-state index is -0.163. The van der Waals surface area contributed by atoms with Gasteiger partial charge in [0, 0.05) is 22.3 Å². The molecule has 1 nitrogen and oxygen atoms in total. The monoisotopic (exact) mass is 261 g/mol. The molecular formula is C15H16FNS. The molecular weight excluding hydrogens is 245 g/mol. The maximum Gasteiger partial charge on any atom is 0.123 e. The molecule has 1 aliphatic carbocycles. The van der Waals surface area contributed by atoms with E-state index < -0.39 is 0 Å². The molecule has 1 heterocycles. The second-order valence-electron chi connectivity index (χ2n) is 4.88. The SMILES string of the molecule is Cc1cc(F)ccc1-c1ccc(CNC2CC2)s1. The predicted octanol–water partition coefficient (Wildman–Crippen LogP) is 4.11. The summed E-state index contributed by atoms with van der Waals surface area (Å²) in [5.74, 6) is -0.163. The highest BCUT2D eigenvalue weighted by Gasteiger charge is 2.20. The van der Waals surface area contributed by atoms with Crippen molar-refractivity contribution in [2.45, 2.75) is 32.4 Å². The van der Waals surface area contributed by atoms with Gasteiger partial charge in [0.25, 0.3) is 0 Å². The molecule has 0 amide bonds. The van der Waals surface area contributed by atoms with Crippen LogP contribution in [0.3, 0.4) is 0 Å². The van der Waals surface area contributed by atoms with E-state index in [2.05, 4.69) is 17.4 Å². The van der Waals surface area contributed by atoms with Gasteiger partial charge in [0.05, 0.1) is 0 Å². The summed E-state index contributed by atoms with van der Waals surface area (Å²) in [7, 11) is 0. The lowest BCUT2D eigenvalue weighted by Gasteiger charge is -2.03. The second-order valence-corrected chi connectivity index (χ2v) is 6.05. The van der Waals surface area contributed by atoms with E-state index in [1.54, 1.807) is 17.4 Å². The van der Waals surface area contributed by atoms with E-state index in [1.165, 1.54) is 28.7 Å². The maximum atomic E-state index is 13.1. The van der Waals surface area contributed by atoms with Crippen molar-refractivity contribution in [2.75, 3.05) is 0 Å². The van der Waals surface area contributed by atoms with Crippen LogP contribution in [-0.2, 0) is 6.54 Å². The molecule has 2 aromatic rings. The summed E-state index contributed by atoms with van der Waals surface area (Å²) >= 11 is 1.79. The van der Waals surface area contributed by atoms with Crippen LogP contribution in [0.4, 0.5) is 4.39 Å². The molecule has 0 aliphatic heterocycles. The van der Waals surface area contributed by atoms with Gasteiger partial charge >= 0.3 is 0 Å². The van der Waals surface area contributed by atoms with E-state index in [4.69, 9.17) is 0 Å². The molecule has 0 radical (unpaired) electrons. The summed E-state index contributed by atoms with van der Waals surface area (Å²) in [6.45, 7) is 2.91. The molecule has 1 saturated carbocycles. The van der Waals surface area contributed by atoms with Gasteiger partial charge in [0.15, 0.2) is 0 Å². The van der Waals surface area contributed by atoms with Gasteiger partial charge in [-0.15, -0.1) is 11.3 Å². The molecule has 3 heteroatoms. The van der Waals surface area contributed by atoms with Gasteiger partial charge in [-0.3, -0.25) is 0 Å². The first kappa shape index (κ1) is 11.9. The van der Waals surface area contributed by atoms with Crippen molar-refractivity contribution >= 4 is 11.3 Å². The topological polar surface area (TPSA) is 12.0 Å². The van der Waals surface area contributed by atoms with Crippen molar-refractivity contribution in [1.29, 1.82) is 0 Å². The molecule has 0 unspecified atom stereocenters. The van der Waals surface area contributed by atoms with Crippen LogP contribution in [0.15, 0.2) is 30.3 Å². The van der Waals surface area contributed by atoms with Gasteiger partial charge < -0.3 is 5.32 Å². The first-order valence-electron chi connectivity index (χ1n) is 6.31. The Morgan fingerprint density at radius 3 is 2.83 bits per heavy atom. The smallest absolute Gasteiger partial charge is 0.123 e. The van der Waals surface area contributed by atoms with E-state index in [-0.39, 0.29) is 5.82 Å². The molecule has 18 heavy (non-hydrogen) atoms. The van der Waals surface area contributed by atoms with Crippen LogP contribution in [0.25, 0.3) is 10.4 Å². The number of halogens is 1. The number of thiophene rings is 1. The van der Waals surface area contributed by atoms with E-state index in [0.717, 1.165) is 23.7 Å². The van der Waals surface area contributed by atoms with Crippen LogP contribution in [0.1, 0.15) is 23.3 Å². The van der Waals surface area contributed by atoms with Crippen LogP contribution < -0.4 is 5.32 Å². The van der Waals surface area contributed by atoms with E-state index in [1.807, 2.05) is 13.0 Å². The summed E-state index contributed by atoms with van der Waals surface area (Å²) in [5, 5.41) is 3.51. The molecule has 0 saturated heterocycles. The summed E-state index contributed by atoms with van der Waals surface area (Å²) in [4.78, 5) is 2.57. The Kier molecular flexibility index (Phi) is 3.18. The number of hydrogen-bond acceptors (Lipinski definition) is 2. The highest BCUT2D eigenvalue weighted by atomic mass is 32.1. The lowest BCUT2D eigenvalue weighted by atomic mass is 10.1. The molecule has 3 rings (SSSR count). The molecule has 94 valence electrons. The van der Waals surface area contributed by atoms with Crippen molar-refractivity contribution in [3.63, 3.8) is 0 Å². The van der Waals surface area contributed by atoms with Gasteiger partial charge in [-0.25, -0.2) is 4.39 Å². The van der Waals surface area contributed by atoms with Gasteiger partial charge in [0.1, 0.15) is 5.82 Å². The van der Waals surface area contributed by atoms with Crippen molar-refractivity contribution in [3.05, 3.63) is 46.6 Å². The molecule has 1 N–H and O–H groups in total. The summed E-state index contributed by atoms with van der Waals surface area (Å²) in [5.41, 5.74) is 2.14. The Morgan fingerprint density at radius 2 is 2.11 bits per heavy atom. The lowest BCUT2D eigenvalue weighted by Crippen LogP contribution is -2.14. The number of nitrogens with one attached hydrogen (secondary N) is 1. The molecule has 0 spiro atoms. The normalized spacial score (nSPS) is 15.0. The molecule has 1 aromatic heterocycles. The first-order chi connectivity index (χ1) is 8.72. The Hall–Kier alpha value is -1.19. The van der Waals surface area contributed by atoms with Gasteiger partial charge in [-0.1, -0.05) is 6.07 Å². The minimum Gasteiger partial charge on any atom is -0.309 e. The summed E-state index contributed by atoms with van der Waals surface area (Å²) < 4.78 is 13.1. The van der Waals surface area contributed by atoms with Crippen LogP contribution in [0, 0.1) is 12.7 Å². The van der Waals surface area contributed by atoms with E-state index >= 15 is 0 Å². The van der Waals surface area contributed by atoms with Crippen LogP contribution in [0.5, 0.6) is 0 Å². The third kappa shape index (κ3) is 2.62. The average Bonchev–Trinajstić information content (AvgIpc) is 3.05. The van der Waals surface area contributed by atoms with Gasteiger partial charge in [-0.05, 0) is 55.2 Å². The Balaban J connectivity index is 1.78. The van der Waals surface area contributed by atoms with E-state index in [0.29, 0.717) is 0 Å². The highest BCUT2D eigenvalue weighted by Crippen LogP contribution is 2.31. The fourth-order valence-electron chi connectivity index (χ4n) is 2.05. The number of rotatable bonds is 4. The predicted molar refractivity (Wildman–Crippen MR) is 74.3 cm³/mol. The Labute approximate surface area is 111 Å². The van der Waals surface area contributed by atoms with Crippen molar-refractivity contribution in [3.8, 4) is 10.4 Å². The maximum absolute atomic E-state index is 13.1. The largest absolute Gasteiger partial charge is 0.309 e. The zero-order valence-corrected chi connectivity index (χ0v) is 11.2. The Bertz CT molecular complexity index is 557. The van der Waals surface area contributed by atoms with Crippen molar-refractivity contribution in [2.24, 2.45) is 0 Å². The third-order valence-corrected chi connectivity index (χ3v) is 4.38. The van der Waals surface area contributed by atoms with Crippen LogP contribution >= 0.6 is 11.3 Å². The fraction of sp³-hybridized carbons (Fsp3) is 0.333. The molecule has 0 bridgehead atoms. The first-order valence-corrected chi connectivity index (χ1v) is 7.12. The number of benzene rings is 1. The molecule has 1 aliphatic rings. The molecule has 0 atom stereocenters. The second kappa shape index (κ2) is 4.82. The van der Waals surface area contributed by atoms with Crippen LogP contribution in [0.2, 0.25) is 0 Å².